The first-order chi connectivity index (χ1) is 8.80. The van der Waals surface area contributed by atoms with Crippen LogP contribution in [-0.4, -0.2) is 27.2 Å². The lowest BCUT2D eigenvalue weighted by molar-refractivity contribution is 0.0315. The van der Waals surface area contributed by atoms with Gasteiger partial charge >= 0.3 is 0 Å². The number of hydrogen-bond donors (Lipinski definition) is 3. The molecule has 0 aliphatic carbocycles. The van der Waals surface area contributed by atoms with E-state index < -0.39 is 10.0 Å². The van der Waals surface area contributed by atoms with Gasteiger partial charge in [-0.25, -0.2) is 13.6 Å². The molecule has 0 bridgehead atoms. The van der Waals surface area contributed by atoms with E-state index in [1.54, 1.807) is 6.07 Å². The molecule has 1 aromatic rings. The maximum atomic E-state index is 11.2. The molecule has 0 spiro atoms. The van der Waals surface area contributed by atoms with Gasteiger partial charge in [0.1, 0.15) is 0 Å². The zero-order valence-corrected chi connectivity index (χ0v) is 11.7. The molecule has 1 saturated heterocycles. The van der Waals surface area contributed by atoms with Crippen LogP contribution in [0.2, 0.25) is 0 Å². The maximum Gasteiger partial charge on any atom is 0.238 e. The van der Waals surface area contributed by atoms with Gasteiger partial charge in [0, 0.05) is 13.2 Å². The zero-order chi connectivity index (χ0) is 14.1. The summed E-state index contributed by atoms with van der Waals surface area (Å²) in [4.78, 5) is 0.0129. The Kier molecular flexibility index (Phi) is 3.71. The van der Waals surface area contributed by atoms with Gasteiger partial charge in [0.2, 0.25) is 10.0 Å². The Labute approximate surface area is 113 Å². The lowest BCUT2D eigenvalue weighted by Gasteiger charge is -2.24. The van der Waals surface area contributed by atoms with Gasteiger partial charge in [0.05, 0.1) is 21.9 Å². The Hall–Kier alpha value is -1.31. The molecule has 6 nitrogen and oxygen atoms in total. The summed E-state index contributed by atoms with van der Waals surface area (Å²) in [6, 6.07) is 4.41. The van der Waals surface area contributed by atoms with Crippen LogP contribution < -0.4 is 16.2 Å². The Morgan fingerprint density at radius 2 is 2.21 bits per heavy atom. The Bertz CT molecular complexity index is 566. The molecule has 1 fully saturated rings. The minimum absolute atomic E-state index is 0.0129. The van der Waals surface area contributed by atoms with E-state index in [0.29, 0.717) is 17.9 Å². The molecule has 1 unspecified atom stereocenters. The van der Waals surface area contributed by atoms with Gasteiger partial charge < -0.3 is 15.8 Å². The van der Waals surface area contributed by atoms with Crippen molar-refractivity contribution in [1.29, 1.82) is 0 Å². The standard InChI is InChI=1S/C12H19N3O3S/c1-12(5-2-6-18-12)8-15-11-4-3-9(7-10(11)13)19(14,16)17/h3-4,7,15H,2,5-6,8,13H2,1H3,(H2,14,16,17). The topological polar surface area (TPSA) is 107 Å². The van der Waals surface area contributed by atoms with Crippen molar-refractivity contribution in [3.05, 3.63) is 18.2 Å². The van der Waals surface area contributed by atoms with E-state index in [1.165, 1.54) is 12.1 Å². The molecule has 0 amide bonds. The minimum atomic E-state index is -3.72. The molecular weight excluding hydrogens is 266 g/mol. The number of benzene rings is 1. The van der Waals surface area contributed by atoms with E-state index in [0.717, 1.165) is 19.4 Å². The number of nitrogens with one attached hydrogen (secondary N) is 1. The number of nitrogens with two attached hydrogens (primary N) is 2. The highest BCUT2D eigenvalue weighted by molar-refractivity contribution is 7.89. The first kappa shape index (κ1) is 14.1. The summed E-state index contributed by atoms with van der Waals surface area (Å²) in [7, 11) is -3.72. The Morgan fingerprint density at radius 1 is 1.47 bits per heavy atom. The molecule has 0 radical (unpaired) electrons. The minimum Gasteiger partial charge on any atom is -0.397 e. The van der Waals surface area contributed by atoms with Crippen LogP contribution in [0, 0.1) is 0 Å². The predicted octanol–water partition coefficient (Wildman–Crippen LogP) is 0.897. The molecular formula is C12H19N3O3S. The predicted molar refractivity (Wildman–Crippen MR) is 74.3 cm³/mol. The average molecular weight is 285 g/mol. The van der Waals surface area contributed by atoms with Crippen molar-refractivity contribution >= 4 is 21.4 Å². The van der Waals surface area contributed by atoms with Crippen LogP contribution in [-0.2, 0) is 14.8 Å². The normalized spacial score (nSPS) is 23.5. The molecule has 5 N–H and O–H groups in total. The van der Waals surface area contributed by atoms with Crippen LogP contribution in [0.25, 0.3) is 0 Å². The molecule has 2 rings (SSSR count). The number of ether oxygens (including phenoxy) is 1. The highest BCUT2D eigenvalue weighted by Gasteiger charge is 2.29. The van der Waals surface area contributed by atoms with E-state index >= 15 is 0 Å². The Balaban J connectivity index is 2.09. The second-order valence-corrected chi connectivity index (χ2v) is 6.61. The quantitative estimate of drug-likeness (QED) is 0.712. The summed E-state index contributed by atoms with van der Waals surface area (Å²) in [5.41, 5.74) is 6.67. The summed E-state index contributed by atoms with van der Waals surface area (Å²) in [6.45, 7) is 3.45. The lowest BCUT2D eigenvalue weighted by atomic mass is 10.0. The number of hydrogen-bond acceptors (Lipinski definition) is 5. The molecule has 106 valence electrons. The number of primary sulfonamides is 1. The van der Waals surface area contributed by atoms with Crippen LogP contribution >= 0.6 is 0 Å². The largest absolute Gasteiger partial charge is 0.397 e. The number of rotatable bonds is 4. The molecule has 1 aromatic carbocycles. The van der Waals surface area contributed by atoms with Crippen molar-refractivity contribution in [2.24, 2.45) is 5.14 Å². The van der Waals surface area contributed by atoms with E-state index in [1.807, 2.05) is 6.92 Å². The maximum absolute atomic E-state index is 11.2. The van der Waals surface area contributed by atoms with Crippen molar-refractivity contribution in [1.82, 2.24) is 0 Å². The summed E-state index contributed by atoms with van der Waals surface area (Å²) < 4.78 is 28.1. The highest BCUT2D eigenvalue weighted by Crippen LogP contribution is 2.27. The second kappa shape index (κ2) is 4.99. The van der Waals surface area contributed by atoms with Crippen molar-refractivity contribution in [3.63, 3.8) is 0 Å². The summed E-state index contributed by atoms with van der Waals surface area (Å²) in [5, 5.41) is 8.23. The van der Waals surface area contributed by atoms with Crippen LogP contribution in [0.5, 0.6) is 0 Å². The molecule has 19 heavy (non-hydrogen) atoms. The van der Waals surface area contributed by atoms with E-state index in [4.69, 9.17) is 15.6 Å². The molecule has 7 heteroatoms. The van der Waals surface area contributed by atoms with Crippen molar-refractivity contribution in [2.45, 2.75) is 30.3 Å². The molecule has 1 heterocycles. The third-order valence-electron chi connectivity index (χ3n) is 3.30. The van der Waals surface area contributed by atoms with Gasteiger partial charge in [-0.3, -0.25) is 0 Å². The number of sulfonamides is 1. The van der Waals surface area contributed by atoms with Crippen LogP contribution in [0.3, 0.4) is 0 Å². The summed E-state index contributed by atoms with van der Waals surface area (Å²) in [5.74, 6) is 0. The smallest absolute Gasteiger partial charge is 0.238 e. The fourth-order valence-corrected chi connectivity index (χ4v) is 2.69. The third-order valence-corrected chi connectivity index (χ3v) is 4.22. The van der Waals surface area contributed by atoms with Gasteiger partial charge in [0.15, 0.2) is 0 Å². The first-order valence-electron chi connectivity index (χ1n) is 6.10. The van der Waals surface area contributed by atoms with Gasteiger partial charge in [-0.1, -0.05) is 0 Å². The van der Waals surface area contributed by atoms with Gasteiger partial charge in [-0.05, 0) is 38.0 Å². The second-order valence-electron chi connectivity index (χ2n) is 5.05. The van der Waals surface area contributed by atoms with E-state index in [-0.39, 0.29) is 10.5 Å². The van der Waals surface area contributed by atoms with Crippen molar-refractivity contribution in [2.75, 3.05) is 24.2 Å². The van der Waals surface area contributed by atoms with Crippen LogP contribution in [0.15, 0.2) is 23.1 Å². The van der Waals surface area contributed by atoms with Crippen LogP contribution in [0.1, 0.15) is 19.8 Å². The first-order valence-corrected chi connectivity index (χ1v) is 7.65. The molecule has 1 atom stereocenters. The van der Waals surface area contributed by atoms with Gasteiger partial charge in [-0.15, -0.1) is 0 Å². The van der Waals surface area contributed by atoms with Gasteiger partial charge in [-0.2, -0.15) is 0 Å². The van der Waals surface area contributed by atoms with Crippen molar-refractivity contribution in [3.8, 4) is 0 Å². The zero-order valence-electron chi connectivity index (χ0n) is 10.8. The Morgan fingerprint density at radius 3 is 2.74 bits per heavy atom. The molecule has 0 saturated carbocycles. The molecule has 0 aromatic heterocycles. The van der Waals surface area contributed by atoms with E-state index in [2.05, 4.69) is 5.32 Å². The number of anilines is 2. The number of nitrogen functional groups attached to an aromatic ring is 1. The van der Waals surface area contributed by atoms with E-state index in [9.17, 15) is 8.42 Å². The fraction of sp³-hybridized carbons (Fsp3) is 0.500. The SMILES string of the molecule is CC1(CNc2ccc(S(N)(=O)=O)cc2N)CCCO1. The highest BCUT2D eigenvalue weighted by atomic mass is 32.2. The fourth-order valence-electron chi connectivity index (χ4n) is 2.14. The van der Waals surface area contributed by atoms with Crippen molar-refractivity contribution < 1.29 is 13.2 Å². The van der Waals surface area contributed by atoms with Gasteiger partial charge in [0.25, 0.3) is 0 Å². The lowest BCUT2D eigenvalue weighted by Crippen LogP contribution is -2.32. The third kappa shape index (κ3) is 3.37. The molecule has 1 aliphatic rings. The average Bonchev–Trinajstić information content (AvgIpc) is 2.74. The summed E-state index contributed by atoms with van der Waals surface area (Å²) in [6.07, 6.45) is 2.05. The summed E-state index contributed by atoms with van der Waals surface area (Å²) >= 11 is 0. The monoisotopic (exact) mass is 285 g/mol. The molecule has 1 aliphatic heterocycles. The van der Waals surface area contributed by atoms with Crippen LogP contribution in [0.4, 0.5) is 11.4 Å².